The van der Waals surface area contributed by atoms with Crippen LogP contribution in [0, 0.1) is 0 Å². The van der Waals surface area contributed by atoms with Gasteiger partial charge < -0.3 is 15.0 Å². The summed E-state index contributed by atoms with van der Waals surface area (Å²) in [7, 11) is 1.67. The Hall–Kier alpha value is -1.26. The number of likely N-dealkylation sites (tertiary alicyclic amines) is 1. The van der Waals surface area contributed by atoms with E-state index in [0.717, 1.165) is 25.3 Å². The average molecular weight is 339 g/mol. The van der Waals surface area contributed by atoms with E-state index in [1.165, 1.54) is 18.4 Å². The van der Waals surface area contributed by atoms with Crippen molar-refractivity contribution in [1.29, 1.82) is 0 Å². The smallest absolute Gasteiger partial charge is 0.223 e. The molecule has 3 atom stereocenters. The first-order valence-electron chi connectivity index (χ1n) is 8.33. The van der Waals surface area contributed by atoms with E-state index in [1.54, 1.807) is 7.11 Å². The standard InChI is InChI=1S/C18H26N2O2.ClH/c1-13(14-3-7-17(22-2)8-4-14)11-18(21)20-10-9-15-5-6-16(12-20)19-15;/h3-4,7-8,13,15-16,19H,5-6,9-12H2,1-2H3;1H. The largest absolute Gasteiger partial charge is 0.497 e. The zero-order valence-electron chi connectivity index (χ0n) is 14.0. The molecule has 5 heteroatoms. The molecule has 2 heterocycles. The topological polar surface area (TPSA) is 41.6 Å². The number of rotatable bonds is 4. The van der Waals surface area contributed by atoms with Crippen molar-refractivity contribution in [3.63, 3.8) is 0 Å². The van der Waals surface area contributed by atoms with Gasteiger partial charge in [-0.3, -0.25) is 4.79 Å². The second kappa shape index (κ2) is 8.02. The molecule has 1 aromatic rings. The molecule has 3 unspecified atom stereocenters. The zero-order chi connectivity index (χ0) is 15.5. The lowest BCUT2D eigenvalue weighted by molar-refractivity contribution is -0.131. The van der Waals surface area contributed by atoms with Crippen molar-refractivity contribution in [3.05, 3.63) is 29.8 Å². The molecular formula is C18H27ClN2O2. The normalized spacial score (nSPS) is 24.5. The number of fused-ring (bicyclic) bond motifs is 2. The molecule has 0 aliphatic carbocycles. The van der Waals surface area contributed by atoms with E-state index in [0.29, 0.717) is 18.5 Å². The highest BCUT2D eigenvalue weighted by molar-refractivity contribution is 5.85. The summed E-state index contributed by atoms with van der Waals surface area (Å²) in [6, 6.07) is 9.18. The lowest BCUT2D eigenvalue weighted by atomic mass is 9.96. The number of ether oxygens (including phenoxy) is 1. The van der Waals surface area contributed by atoms with Gasteiger partial charge in [0, 0.05) is 31.6 Å². The monoisotopic (exact) mass is 338 g/mol. The predicted molar refractivity (Wildman–Crippen MR) is 94.4 cm³/mol. The number of nitrogens with one attached hydrogen (secondary N) is 1. The first-order valence-corrected chi connectivity index (χ1v) is 8.33. The van der Waals surface area contributed by atoms with Crippen LogP contribution in [0.2, 0.25) is 0 Å². The molecule has 0 radical (unpaired) electrons. The Morgan fingerprint density at radius 1 is 1.26 bits per heavy atom. The molecular weight excluding hydrogens is 312 g/mol. The van der Waals surface area contributed by atoms with Crippen LogP contribution in [0.3, 0.4) is 0 Å². The van der Waals surface area contributed by atoms with Gasteiger partial charge in [-0.25, -0.2) is 0 Å². The van der Waals surface area contributed by atoms with Gasteiger partial charge in [-0.05, 0) is 42.9 Å². The Balaban J connectivity index is 0.00000192. The predicted octanol–water partition coefficient (Wildman–Crippen LogP) is 2.96. The summed E-state index contributed by atoms with van der Waals surface area (Å²) in [5.74, 6) is 1.39. The van der Waals surface area contributed by atoms with Crippen LogP contribution < -0.4 is 10.1 Å². The molecule has 2 aliphatic heterocycles. The lowest BCUT2D eigenvalue weighted by Gasteiger charge is -2.25. The molecule has 23 heavy (non-hydrogen) atoms. The van der Waals surface area contributed by atoms with E-state index in [9.17, 15) is 4.79 Å². The fraction of sp³-hybridized carbons (Fsp3) is 0.611. The molecule has 2 bridgehead atoms. The Morgan fingerprint density at radius 2 is 1.96 bits per heavy atom. The number of nitrogens with zero attached hydrogens (tertiary/aromatic N) is 1. The van der Waals surface area contributed by atoms with Crippen molar-refractivity contribution in [2.45, 2.75) is 50.6 Å². The minimum atomic E-state index is 0. The van der Waals surface area contributed by atoms with Gasteiger partial charge >= 0.3 is 0 Å². The van der Waals surface area contributed by atoms with E-state index in [1.807, 2.05) is 12.1 Å². The number of benzene rings is 1. The maximum absolute atomic E-state index is 12.6. The maximum atomic E-state index is 12.6. The van der Waals surface area contributed by atoms with E-state index < -0.39 is 0 Å². The van der Waals surface area contributed by atoms with Gasteiger partial charge in [-0.2, -0.15) is 0 Å². The molecule has 2 fully saturated rings. The fourth-order valence-corrected chi connectivity index (χ4v) is 3.61. The summed E-state index contributed by atoms with van der Waals surface area (Å²) < 4.78 is 5.19. The summed E-state index contributed by atoms with van der Waals surface area (Å²) in [6.45, 7) is 3.91. The van der Waals surface area contributed by atoms with Crippen molar-refractivity contribution >= 4 is 18.3 Å². The number of hydrogen-bond acceptors (Lipinski definition) is 3. The van der Waals surface area contributed by atoms with Crippen LogP contribution in [-0.2, 0) is 4.79 Å². The van der Waals surface area contributed by atoms with Crippen LogP contribution in [-0.4, -0.2) is 43.1 Å². The van der Waals surface area contributed by atoms with E-state index in [4.69, 9.17) is 4.74 Å². The highest BCUT2D eigenvalue weighted by atomic mass is 35.5. The van der Waals surface area contributed by atoms with Crippen LogP contribution in [0.15, 0.2) is 24.3 Å². The Kier molecular flexibility index (Phi) is 6.31. The molecule has 2 saturated heterocycles. The second-order valence-corrected chi connectivity index (χ2v) is 6.64. The Labute approximate surface area is 145 Å². The highest BCUT2D eigenvalue weighted by Gasteiger charge is 2.31. The van der Waals surface area contributed by atoms with Crippen LogP contribution >= 0.6 is 12.4 Å². The van der Waals surface area contributed by atoms with Crippen molar-refractivity contribution in [1.82, 2.24) is 10.2 Å². The van der Waals surface area contributed by atoms with Crippen LogP contribution in [0.1, 0.15) is 44.1 Å². The lowest BCUT2D eigenvalue weighted by Crippen LogP contribution is -2.39. The SMILES string of the molecule is COc1ccc(C(C)CC(=O)N2CCC3CCC(C2)N3)cc1.Cl. The molecule has 0 saturated carbocycles. The van der Waals surface area contributed by atoms with Crippen molar-refractivity contribution in [3.8, 4) is 5.75 Å². The average Bonchev–Trinajstić information content (AvgIpc) is 2.86. The van der Waals surface area contributed by atoms with Gasteiger partial charge in [0.1, 0.15) is 5.75 Å². The molecule has 1 N–H and O–H groups in total. The third-order valence-electron chi connectivity index (χ3n) is 5.04. The minimum Gasteiger partial charge on any atom is -0.497 e. The molecule has 4 nitrogen and oxygen atoms in total. The summed E-state index contributed by atoms with van der Waals surface area (Å²) in [6.07, 6.45) is 4.17. The van der Waals surface area contributed by atoms with Gasteiger partial charge in [-0.1, -0.05) is 19.1 Å². The zero-order valence-corrected chi connectivity index (χ0v) is 14.8. The van der Waals surface area contributed by atoms with Crippen molar-refractivity contribution < 1.29 is 9.53 Å². The third-order valence-corrected chi connectivity index (χ3v) is 5.04. The van der Waals surface area contributed by atoms with E-state index in [-0.39, 0.29) is 24.2 Å². The quantitative estimate of drug-likeness (QED) is 0.917. The number of methoxy groups -OCH3 is 1. The van der Waals surface area contributed by atoms with Gasteiger partial charge in [0.15, 0.2) is 0 Å². The van der Waals surface area contributed by atoms with Gasteiger partial charge in [-0.15, -0.1) is 12.4 Å². The van der Waals surface area contributed by atoms with Crippen molar-refractivity contribution in [2.24, 2.45) is 0 Å². The van der Waals surface area contributed by atoms with Crippen LogP contribution in [0.5, 0.6) is 5.75 Å². The van der Waals surface area contributed by atoms with Gasteiger partial charge in [0.25, 0.3) is 0 Å². The molecule has 128 valence electrons. The molecule has 0 spiro atoms. The summed E-state index contributed by atoms with van der Waals surface area (Å²) >= 11 is 0. The van der Waals surface area contributed by atoms with E-state index in [2.05, 4.69) is 29.3 Å². The molecule has 1 amide bonds. The van der Waals surface area contributed by atoms with Crippen molar-refractivity contribution in [2.75, 3.05) is 20.2 Å². The first-order chi connectivity index (χ1) is 10.7. The number of halogens is 1. The van der Waals surface area contributed by atoms with Crippen LogP contribution in [0.4, 0.5) is 0 Å². The number of hydrogen-bond donors (Lipinski definition) is 1. The third kappa shape index (κ3) is 4.39. The number of carbonyl (C=O) groups excluding carboxylic acids is 1. The summed E-state index contributed by atoms with van der Waals surface area (Å²) in [4.78, 5) is 14.7. The minimum absolute atomic E-state index is 0. The van der Waals surface area contributed by atoms with Gasteiger partial charge in [0.05, 0.1) is 7.11 Å². The summed E-state index contributed by atoms with van der Waals surface area (Å²) in [5, 5.41) is 3.63. The first kappa shape index (κ1) is 18.1. The maximum Gasteiger partial charge on any atom is 0.223 e. The molecule has 3 rings (SSSR count). The molecule has 0 aromatic heterocycles. The molecule has 2 aliphatic rings. The van der Waals surface area contributed by atoms with Gasteiger partial charge in [0.2, 0.25) is 5.91 Å². The van der Waals surface area contributed by atoms with E-state index >= 15 is 0 Å². The fourth-order valence-electron chi connectivity index (χ4n) is 3.61. The second-order valence-electron chi connectivity index (χ2n) is 6.64. The number of amides is 1. The Bertz CT molecular complexity index is 520. The van der Waals surface area contributed by atoms with Crippen LogP contribution in [0.25, 0.3) is 0 Å². The molecule has 1 aromatic carbocycles. The highest BCUT2D eigenvalue weighted by Crippen LogP contribution is 2.25. The summed E-state index contributed by atoms with van der Waals surface area (Å²) in [5.41, 5.74) is 1.20. The Morgan fingerprint density at radius 3 is 2.65 bits per heavy atom. The number of carbonyl (C=O) groups is 1.